The van der Waals surface area contributed by atoms with Crippen molar-refractivity contribution in [3.63, 3.8) is 0 Å². The van der Waals surface area contributed by atoms with E-state index in [2.05, 4.69) is 10.6 Å². The van der Waals surface area contributed by atoms with Crippen molar-refractivity contribution in [3.05, 3.63) is 58.6 Å². The van der Waals surface area contributed by atoms with Gasteiger partial charge in [-0.3, -0.25) is 4.79 Å². The van der Waals surface area contributed by atoms with Crippen molar-refractivity contribution in [1.82, 2.24) is 0 Å². The van der Waals surface area contributed by atoms with E-state index in [4.69, 9.17) is 16.7 Å². The summed E-state index contributed by atoms with van der Waals surface area (Å²) in [7, 11) is 0. The van der Waals surface area contributed by atoms with E-state index in [1.807, 2.05) is 25.1 Å². The van der Waals surface area contributed by atoms with Crippen LogP contribution in [0.3, 0.4) is 0 Å². The first kappa shape index (κ1) is 18.8. The van der Waals surface area contributed by atoms with Gasteiger partial charge < -0.3 is 15.7 Å². The fourth-order valence-electron chi connectivity index (χ4n) is 2.32. The van der Waals surface area contributed by atoms with Crippen LogP contribution in [0.25, 0.3) is 0 Å². The molecular weight excluding hydrogens is 340 g/mol. The largest absolute Gasteiger partial charge is 0.478 e. The smallest absolute Gasteiger partial charge is 0.335 e. The second-order valence-corrected chi connectivity index (χ2v) is 6.07. The number of amides is 1. The van der Waals surface area contributed by atoms with Gasteiger partial charge in [-0.2, -0.15) is 0 Å². The van der Waals surface area contributed by atoms with Gasteiger partial charge >= 0.3 is 5.97 Å². The first-order chi connectivity index (χ1) is 12.0. The summed E-state index contributed by atoms with van der Waals surface area (Å²) in [5, 5.41) is 15.8. The van der Waals surface area contributed by atoms with Crippen molar-refractivity contribution in [1.29, 1.82) is 0 Å². The molecule has 2 rings (SSSR count). The highest BCUT2D eigenvalue weighted by Gasteiger charge is 2.11. The number of hydrogen-bond donors (Lipinski definition) is 3. The van der Waals surface area contributed by atoms with Crippen LogP contribution >= 0.6 is 11.6 Å². The van der Waals surface area contributed by atoms with Crippen LogP contribution < -0.4 is 10.6 Å². The van der Waals surface area contributed by atoms with Crippen LogP contribution in [-0.4, -0.2) is 17.0 Å². The van der Waals surface area contributed by atoms with E-state index in [-0.39, 0.29) is 11.5 Å². The van der Waals surface area contributed by atoms with Gasteiger partial charge in [0.05, 0.1) is 16.9 Å². The molecule has 5 nitrogen and oxygen atoms in total. The SMILES string of the molecule is CCCCC(=O)Nc1cc(C(=O)O)ccc1NCc1ccccc1Cl. The summed E-state index contributed by atoms with van der Waals surface area (Å²) in [5.41, 5.74) is 2.13. The molecule has 2 aromatic rings. The summed E-state index contributed by atoms with van der Waals surface area (Å²) in [6.07, 6.45) is 2.10. The molecular formula is C19H21ClN2O3. The molecule has 6 heteroatoms. The van der Waals surface area contributed by atoms with Crippen molar-refractivity contribution in [2.75, 3.05) is 10.6 Å². The average molecular weight is 361 g/mol. The molecule has 0 fully saturated rings. The number of halogens is 1. The topological polar surface area (TPSA) is 78.4 Å². The van der Waals surface area contributed by atoms with Crippen LogP contribution in [-0.2, 0) is 11.3 Å². The Hall–Kier alpha value is -2.53. The molecule has 0 radical (unpaired) electrons. The zero-order valence-electron chi connectivity index (χ0n) is 14.0. The minimum absolute atomic E-state index is 0.120. The van der Waals surface area contributed by atoms with Crippen LogP contribution in [0.15, 0.2) is 42.5 Å². The highest BCUT2D eigenvalue weighted by atomic mass is 35.5. The summed E-state index contributed by atoms with van der Waals surface area (Å²) in [6.45, 7) is 2.47. The van der Waals surface area contributed by atoms with Gasteiger partial charge in [0, 0.05) is 18.0 Å². The molecule has 0 heterocycles. The summed E-state index contributed by atoms with van der Waals surface area (Å²) >= 11 is 6.15. The van der Waals surface area contributed by atoms with Gasteiger partial charge in [-0.15, -0.1) is 0 Å². The Kier molecular flexibility index (Phi) is 6.83. The predicted octanol–water partition coefficient (Wildman–Crippen LogP) is 4.78. The van der Waals surface area contributed by atoms with E-state index in [1.54, 1.807) is 12.1 Å². The molecule has 0 aliphatic heterocycles. The molecule has 132 valence electrons. The number of nitrogens with one attached hydrogen (secondary N) is 2. The van der Waals surface area contributed by atoms with Crippen LogP contribution in [0.5, 0.6) is 0 Å². The number of anilines is 2. The molecule has 1 amide bonds. The van der Waals surface area contributed by atoms with E-state index < -0.39 is 5.97 Å². The van der Waals surface area contributed by atoms with E-state index in [9.17, 15) is 9.59 Å². The second kappa shape index (κ2) is 9.08. The summed E-state index contributed by atoms with van der Waals surface area (Å²) in [5.74, 6) is -1.17. The maximum Gasteiger partial charge on any atom is 0.335 e. The molecule has 0 saturated heterocycles. The third-order valence-electron chi connectivity index (χ3n) is 3.73. The Labute approximate surface area is 152 Å². The molecule has 0 bridgehead atoms. The van der Waals surface area contributed by atoms with Gasteiger partial charge in [-0.1, -0.05) is 43.1 Å². The molecule has 0 aliphatic carbocycles. The second-order valence-electron chi connectivity index (χ2n) is 5.66. The zero-order chi connectivity index (χ0) is 18.2. The van der Waals surface area contributed by atoms with E-state index in [0.717, 1.165) is 18.4 Å². The number of carboxylic acid groups (broad SMARTS) is 1. The summed E-state index contributed by atoms with van der Waals surface area (Å²) < 4.78 is 0. The van der Waals surface area contributed by atoms with Gasteiger partial charge in [0.1, 0.15) is 0 Å². The van der Waals surface area contributed by atoms with E-state index >= 15 is 0 Å². The fourth-order valence-corrected chi connectivity index (χ4v) is 2.52. The highest BCUT2D eigenvalue weighted by molar-refractivity contribution is 6.31. The maximum atomic E-state index is 12.0. The number of carbonyl (C=O) groups excluding carboxylic acids is 1. The quantitative estimate of drug-likeness (QED) is 0.633. The first-order valence-electron chi connectivity index (χ1n) is 8.15. The van der Waals surface area contributed by atoms with Crippen LogP contribution in [0, 0.1) is 0 Å². The average Bonchev–Trinajstić information content (AvgIpc) is 2.60. The predicted molar refractivity (Wildman–Crippen MR) is 100 cm³/mol. The third kappa shape index (κ3) is 5.50. The number of benzene rings is 2. The van der Waals surface area contributed by atoms with Crippen LogP contribution in [0.4, 0.5) is 11.4 Å². The lowest BCUT2D eigenvalue weighted by atomic mass is 10.1. The zero-order valence-corrected chi connectivity index (χ0v) is 14.8. The number of carbonyl (C=O) groups is 2. The van der Waals surface area contributed by atoms with Gasteiger partial charge in [0.2, 0.25) is 5.91 Å². The molecule has 0 saturated carbocycles. The van der Waals surface area contributed by atoms with Crippen molar-refractivity contribution in [3.8, 4) is 0 Å². The maximum absolute atomic E-state index is 12.0. The number of hydrogen-bond acceptors (Lipinski definition) is 3. The van der Waals surface area contributed by atoms with Gasteiger partial charge in [0.25, 0.3) is 0 Å². The molecule has 0 atom stereocenters. The monoisotopic (exact) mass is 360 g/mol. The van der Waals surface area contributed by atoms with Crippen LogP contribution in [0.1, 0.15) is 42.1 Å². The molecule has 0 unspecified atom stereocenters. The number of carboxylic acids is 1. The lowest BCUT2D eigenvalue weighted by Crippen LogP contribution is -2.14. The minimum Gasteiger partial charge on any atom is -0.478 e. The third-order valence-corrected chi connectivity index (χ3v) is 4.09. The number of unbranched alkanes of at least 4 members (excludes halogenated alkanes) is 1. The van der Waals surface area contributed by atoms with Crippen LogP contribution in [0.2, 0.25) is 5.02 Å². The number of aromatic carboxylic acids is 1. The molecule has 0 spiro atoms. The lowest BCUT2D eigenvalue weighted by Gasteiger charge is -2.14. The highest BCUT2D eigenvalue weighted by Crippen LogP contribution is 2.25. The Morgan fingerprint density at radius 1 is 1.12 bits per heavy atom. The van der Waals surface area contributed by atoms with Crippen molar-refractivity contribution in [2.24, 2.45) is 0 Å². The Morgan fingerprint density at radius 3 is 2.56 bits per heavy atom. The molecule has 0 aliphatic rings. The summed E-state index contributed by atoms with van der Waals surface area (Å²) in [4.78, 5) is 23.2. The fraction of sp³-hybridized carbons (Fsp3) is 0.263. The van der Waals surface area contributed by atoms with Crippen molar-refractivity contribution < 1.29 is 14.7 Å². The van der Waals surface area contributed by atoms with Gasteiger partial charge in [0.15, 0.2) is 0 Å². The Morgan fingerprint density at radius 2 is 1.88 bits per heavy atom. The lowest BCUT2D eigenvalue weighted by molar-refractivity contribution is -0.116. The van der Waals surface area contributed by atoms with E-state index in [0.29, 0.717) is 29.4 Å². The molecule has 25 heavy (non-hydrogen) atoms. The van der Waals surface area contributed by atoms with Crippen molar-refractivity contribution in [2.45, 2.75) is 32.7 Å². The molecule has 2 aromatic carbocycles. The Balaban J connectivity index is 2.19. The summed E-state index contributed by atoms with van der Waals surface area (Å²) in [6, 6.07) is 12.1. The molecule has 3 N–H and O–H groups in total. The minimum atomic E-state index is -1.04. The van der Waals surface area contributed by atoms with Gasteiger partial charge in [-0.05, 0) is 36.2 Å². The first-order valence-corrected chi connectivity index (χ1v) is 8.53. The van der Waals surface area contributed by atoms with Crippen molar-refractivity contribution >= 4 is 34.9 Å². The standard InChI is InChI=1S/C19H21ClN2O3/c1-2-3-8-18(23)22-17-11-13(19(24)25)9-10-16(17)21-12-14-6-4-5-7-15(14)20/h4-7,9-11,21H,2-3,8,12H2,1H3,(H,22,23)(H,24,25). The van der Waals surface area contributed by atoms with Gasteiger partial charge in [-0.25, -0.2) is 4.79 Å². The van der Waals surface area contributed by atoms with E-state index in [1.165, 1.54) is 12.1 Å². The Bertz CT molecular complexity index is 762. The normalized spacial score (nSPS) is 10.3. The molecule has 0 aromatic heterocycles. The number of rotatable bonds is 8.